The number of allylic oxidation sites excluding steroid dienone is 4. The highest BCUT2D eigenvalue weighted by atomic mass is 16.3. The molecule has 2 heteroatoms. The van der Waals surface area contributed by atoms with E-state index in [4.69, 9.17) is 0 Å². The van der Waals surface area contributed by atoms with Gasteiger partial charge in [-0.05, 0) is 25.3 Å². The number of rotatable bonds is 1. The molecule has 0 aliphatic heterocycles. The normalized spacial score (nSPS) is 21.4. The molecule has 13 heavy (non-hydrogen) atoms. The predicted octanol–water partition coefficient (Wildman–Crippen LogP) is 2.76. The van der Waals surface area contributed by atoms with Crippen LogP contribution in [0.5, 0.6) is 0 Å². The van der Waals surface area contributed by atoms with Crippen LogP contribution in [0.4, 0.5) is 0 Å². The number of ketones is 1. The van der Waals surface area contributed by atoms with Crippen molar-refractivity contribution in [3.8, 4) is 0 Å². The van der Waals surface area contributed by atoms with Crippen LogP contribution in [0.1, 0.15) is 34.1 Å². The second-order valence-corrected chi connectivity index (χ2v) is 4.30. The third-order valence-corrected chi connectivity index (χ3v) is 2.73. The van der Waals surface area contributed by atoms with Crippen LogP contribution in [0.25, 0.3) is 0 Å². The first-order valence-corrected chi connectivity index (χ1v) is 4.46. The zero-order valence-corrected chi connectivity index (χ0v) is 8.64. The first-order chi connectivity index (χ1) is 5.84. The topological polar surface area (TPSA) is 37.3 Å². The van der Waals surface area contributed by atoms with Gasteiger partial charge in [0.2, 0.25) is 0 Å². The van der Waals surface area contributed by atoms with Crippen molar-refractivity contribution in [3.63, 3.8) is 0 Å². The van der Waals surface area contributed by atoms with Gasteiger partial charge in [-0.15, -0.1) is 0 Å². The summed E-state index contributed by atoms with van der Waals surface area (Å²) in [4.78, 5) is 11.1. The minimum absolute atomic E-state index is 0.0248. The fourth-order valence-electron chi connectivity index (χ4n) is 1.45. The molecule has 1 aliphatic rings. The smallest absolute Gasteiger partial charge is 0.163 e. The number of aliphatic hydroxyl groups is 1. The Balaban J connectivity index is 3.11. The van der Waals surface area contributed by atoms with Gasteiger partial charge >= 0.3 is 0 Å². The van der Waals surface area contributed by atoms with Crippen molar-refractivity contribution in [1.82, 2.24) is 0 Å². The molecule has 0 spiro atoms. The summed E-state index contributed by atoms with van der Waals surface area (Å²) < 4.78 is 0. The average molecular weight is 180 g/mol. The van der Waals surface area contributed by atoms with Crippen LogP contribution < -0.4 is 0 Å². The Kier molecular flexibility index (Phi) is 2.33. The van der Waals surface area contributed by atoms with Crippen molar-refractivity contribution in [1.29, 1.82) is 0 Å². The number of Topliss-reactive ketones (excluding diaryl/α,β-unsaturated/α-hetero) is 1. The molecular weight excluding hydrogens is 164 g/mol. The van der Waals surface area contributed by atoms with E-state index in [1.165, 1.54) is 6.92 Å². The zero-order chi connectivity index (χ0) is 10.2. The van der Waals surface area contributed by atoms with Gasteiger partial charge in [0.05, 0.1) is 5.57 Å². The maximum Gasteiger partial charge on any atom is 0.163 e. The van der Waals surface area contributed by atoms with Crippen LogP contribution >= 0.6 is 0 Å². The first-order valence-electron chi connectivity index (χ1n) is 4.46. The molecule has 0 saturated carbocycles. The lowest BCUT2D eigenvalue weighted by Gasteiger charge is -2.29. The molecule has 0 fully saturated rings. The number of aliphatic hydroxyl groups excluding tert-OH is 1. The van der Waals surface area contributed by atoms with Crippen molar-refractivity contribution in [3.05, 3.63) is 23.0 Å². The molecule has 0 bridgehead atoms. The standard InChI is InChI=1S/C11H16O2/c1-7-5-9(8(2)12)10(13)6-11(7,3)4/h5,13H,6H2,1-4H3. The molecule has 0 unspecified atom stereocenters. The molecule has 1 N–H and O–H groups in total. The number of hydrogen-bond acceptors (Lipinski definition) is 2. The Bertz CT molecular complexity index is 306. The highest BCUT2D eigenvalue weighted by Crippen LogP contribution is 2.38. The Hall–Kier alpha value is -1.05. The van der Waals surface area contributed by atoms with E-state index in [2.05, 4.69) is 13.8 Å². The highest BCUT2D eigenvalue weighted by Gasteiger charge is 2.28. The molecule has 1 aliphatic carbocycles. The predicted molar refractivity (Wildman–Crippen MR) is 52.5 cm³/mol. The fourth-order valence-corrected chi connectivity index (χ4v) is 1.45. The molecule has 0 heterocycles. The van der Waals surface area contributed by atoms with Crippen molar-refractivity contribution < 1.29 is 9.90 Å². The average Bonchev–Trinajstić information content (AvgIpc) is 1.95. The van der Waals surface area contributed by atoms with E-state index in [1.54, 1.807) is 6.08 Å². The van der Waals surface area contributed by atoms with E-state index in [0.29, 0.717) is 12.0 Å². The van der Waals surface area contributed by atoms with E-state index in [0.717, 1.165) is 5.57 Å². The van der Waals surface area contributed by atoms with Gasteiger partial charge in [0, 0.05) is 6.42 Å². The van der Waals surface area contributed by atoms with Crippen LogP contribution in [0, 0.1) is 5.41 Å². The second-order valence-electron chi connectivity index (χ2n) is 4.30. The SMILES string of the molecule is CC(=O)C1=C(O)CC(C)(C)C(C)=C1. The minimum atomic E-state index is -0.0626. The van der Waals surface area contributed by atoms with E-state index in [9.17, 15) is 9.90 Å². The monoisotopic (exact) mass is 180 g/mol. The molecule has 0 atom stereocenters. The lowest BCUT2D eigenvalue weighted by Crippen LogP contribution is -2.20. The largest absolute Gasteiger partial charge is 0.512 e. The Labute approximate surface area is 79.0 Å². The van der Waals surface area contributed by atoms with E-state index in [-0.39, 0.29) is 17.0 Å². The number of hydrogen-bond donors (Lipinski definition) is 1. The van der Waals surface area contributed by atoms with E-state index in [1.807, 2.05) is 6.92 Å². The summed E-state index contributed by atoms with van der Waals surface area (Å²) in [6, 6.07) is 0. The molecule has 0 saturated heterocycles. The fraction of sp³-hybridized carbons (Fsp3) is 0.545. The van der Waals surface area contributed by atoms with Crippen LogP contribution in [-0.2, 0) is 4.79 Å². The van der Waals surface area contributed by atoms with Crippen LogP contribution in [-0.4, -0.2) is 10.9 Å². The van der Waals surface area contributed by atoms with Gasteiger partial charge in [-0.2, -0.15) is 0 Å². The highest BCUT2D eigenvalue weighted by molar-refractivity contribution is 5.97. The summed E-state index contributed by atoms with van der Waals surface area (Å²) in [5, 5.41) is 9.61. The van der Waals surface area contributed by atoms with Crippen molar-refractivity contribution >= 4 is 5.78 Å². The molecule has 0 aromatic carbocycles. The van der Waals surface area contributed by atoms with Gasteiger partial charge in [-0.3, -0.25) is 4.79 Å². The second kappa shape index (κ2) is 3.02. The van der Waals surface area contributed by atoms with E-state index < -0.39 is 0 Å². The zero-order valence-electron chi connectivity index (χ0n) is 8.64. The molecule has 2 nitrogen and oxygen atoms in total. The lowest BCUT2D eigenvalue weighted by atomic mass is 9.76. The summed E-state index contributed by atoms with van der Waals surface area (Å²) >= 11 is 0. The maximum atomic E-state index is 11.1. The summed E-state index contributed by atoms with van der Waals surface area (Å²) in [6.45, 7) is 7.60. The van der Waals surface area contributed by atoms with Gasteiger partial charge < -0.3 is 5.11 Å². The van der Waals surface area contributed by atoms with Crippen LogP contribution in [0.3, 0.4) is 0 Å². The van der Waals surface area contributed by atoms with Gasteiger partial charge in [0.1, 0.15) is 5.76 Å². The summed E-state index contributed by atoms with van der Waals surface area (Å²) in [6.07, 6.45) is 2.35. The summed E-state index contributed by atoms with van der Waals surface area (Å²) in [7, 11) is 0. The molecular formula is C11H16O2. The van der Waals surface area contributed by atoms with Crippen molar-refractivity contribution in [2.24, 2.45) is 5.41 Å². The molecule has 1 rings (SSSR count). The van der Waals surface area contributed by atoms with Crippen molar-refractivity contribution in [2.75, 3.05) is 0 Å². The van der Waals surface area contributed by atoms with Gasteiger partial charge in [-0.1, -0.05) is 19.4 Å². The molecule has 0 aromatic heterocycles. The van der Waals surface area contributed by atoms with E-state index >= 15 is 0 Å². The minimum Gasteiger partial charge on any atom is -0.512 e. The third-order valence-electron chi connectivity index (χ3n) is 2.73. The quantitative estimate of drug-likeness (QED) is 0.673. The Morgan fingerprint density at radius 2 is 2.08 bits per heavy atom. The Morgan fingerprint density at radius 3 is 2.54 bits per heavy atom. The summed E-state index contributed by atoms with van der Waals surface area (Å²) in [5.74, 6) is 0.162. The molecule has 0 amide bonds. The molecule has 0 radical (unpaired) electrons. The van der Waals surface area contributed by atoms with Crippen molar-refractivity contribution in [2.45, 2.75) is 34.1 Å². The van der Waals surface area contributed by atoms with Crippen LogP contribution in [0.15, 0.2) is 23.0 Å². The Morgan fingerprint density at radius 1 is 1.54 bits per heavy atom. The number of carbonyl (C=O) groups is 1. The molecule has 72 valence electrons. The summed E-state index contributed by atoms with van der Waals surface area (Å²) in [5.41, 5.74) is 1.59. The van der Waals surface area contributed by atoms with Crippen LogP contribution in [0.2, 0.25) is 0 Å². The number of carbonyl (C=O) groups excluding carboxylic acids is 1. The van der Waals surface area contributed by atoms with Gasteiger partial charge in [0.15, 0.2) is 5.78 Å². The van der Waals surface area contributed by atoms with Gasteiger partial charge in [-0.25, -0.2) is 0 Å². The molecule has 0 aromatic rings. The third kappa shape index (κ3) is 1.82. The maximum absolute atomic E-state index is 11.1. The lowest BCUT2D eigenvalue weighted by molar-refractivity contribution is -0.113. The van der Waals surface area contributed by atoms with Gasteiger partial charge in [0.25, 0.3) is 0 Å². The first kappa shape index (κ1) is 10.0.